The Morgan fingerprint density at radius 3 is 2.57 bits per heavy atom. The minimum absolute atomic E-state index is 0.0589. The third-order valence-electron chi connectivity index (χ3n) is 3.94. The molecule has 1 aliphatic carbocycles. The summed E-state index contributed by atoms with van der Waals surface area (Å²) < 4.78 is 0. The van der Waals surface area contributed by atoms with E-state index in [1.807, 2.05) is 30.3 Å². The highest BCUT2D eigenvalue weighted by molar-refractivity contribution is 6.37. The molecule has 1 aromatic carbocycles. The third kappa shape index (κ3) is 3.29. The van der Waals surface area contributed by atoms with E-state index in [-0.39, 0.29) is 18.4 Å². The van der Waals surface area contributed by atoms with Crippen molar-refractivity contribution in [3.63, 3.8) is 0 Å². The van der Waals surface area contributed by atoms with Crippen LogP contribution in [-0.2, 0) is 20.9 Å². The van der Waals surface area contributed by atoms with Crippen LogP contribution >= 0.6 is 0 Å². The van der Waals surface area contributed by atoms with E-state index in [9.17, 15) is 14.4 Å². The third-order valence-corrected chi connectivity index (χ3v) is 3.94. The molecule has 0 spiro atoms. The van der Waals surface area contributed by atoms with Gasteiger partial charge >= 0.3 is 0 Å². The van der Waals surface area contributed by atoms with Gasteiger partial charge in [0.05, 0.1) is 5.92 Å². The fourth-order valence-electron chi connectivity index (χ4n) is 2.57. The maximum Gasteiger partial charge on any atom is 0.287 e. The molecule has 0 aromatic heterocycles. The van der Waals surface area contributed by atoms with Gasteiger partial charge in [-0.2, -0.15) is 0 Å². The maximum absolute atomic E-state index is 12.1. The van der Waals surface area contributed by atoms with Crippen molar-refractivity contribution in [1.29, 1.82) is 0 Å². The largest absolute Gasteiger partial charge is 0.347 e. The number of nitrogens with one attached hydrogen (secondary N) is 1. The molecule has 5 nitrogen and oxygen atoms in total. The van der Waals surface area contributed by atoms with Crippen molar-refractivity contribution in [2.75, 3.05) is 6.54 Å². The standard InChI is InChI=1S/C16H18N2O3/c19-14-8-12(15(20)16(21)17-13-6-7-13)10-18(14)9-11-4-2-1-3-5-11/h1-5,12-13H,6-10H2,(H,17,21). The number of carbonyl (C=O) groups is 3. The first-order valence-electron chi connectivity index (χ1n) is 7.30. The van der Waals surface area contributed by atoms with Gasteiger partial charge in [-0.1, -0.05) is 30.3 Å². The molecule has 110 valence electrons. The van der Waals surface area contributed by atoms with Gasteiger partial charge in [0.15, 0.2) is 0 Å². The molecule has 1 unspecified atom stereocenters. The predicted octanol–water partition coefficient (Wildman–Crippen LogP) is 0.883. The SMILES string of the molecule is O=C(NC1CC1)C(=O)C1CC(=O)N(Cc2ccccc2)C1. The highest BCUT2D eigenvalue weighted by Gasteiger charge is 2.38. The number of carbonyl (C=O) groups excluding carboxylic acids is 3. The Morgan fingerprint density at radius 2 is 1.90 bits per heavy atom. The zero-order valence-electron chi connectivity index (χ0n) is 11.7. The second kappa shape index (κ2) is 5.68. The molecule has 21 heavy (non-hydrogen) atoms. The van der Waals surface area contributed by atoms with E-state index in [1.54, 1.807) is 4.90 Å². The van der Waals surface area contributed by atoms with Crippen molar-refractivity contribution < 1.29 is 14.4 Å². The topological polar surface area (TPSA) is 66.5 Å². The molecule has 2 aliphatic rings. The van der Waals surface area contributed by atoms with Crippen LogP contribution in [0.3, 0.4) is 0 Å². The number of hydrogen-bond acceptors (Lipinski definition) is 3. The summed E-state index contributed by atoms with van der Waals surface area (Å²) in [5.74, 6) is -1.54. The molecule has 1 heterocycles. The average Bonchev–Trinajstić information content (AvgIpc) is 3.22. The van der Waals surface area contributed by atoms with Crippen molar-refractivity contribution in [3.8, 4) is 0 Å². The lowest BCUT2D eigenvalue weighted by Gasteiger charge is -2.16. The van der Waals surface area contributed by atoms with E-state index in [4.69, 9.17) is 0 Å². The van der Waals surface area contributed by atoms with Crippen molar-refractivity contribution in [1.82, 2.24) is 10.2 Å². The number of ketones is 1. The van der Waals surface area contributed by atoms with Crippen LogP contribution in [0.1, 0.15) is 24.8 Å². The lowest BCUT2D eigenvalue weighted by Crippen LogP contribution is -2.37. The molecule has 5 heteroatoms. The second-order valence-corrected chi connectivity index (χ2v) is 5.77. The molecular weight excluding hydrogens is 268 g/mol. The Kier molecular flexibility index (Phi) is 3.73. The lowest BCUT2D eigenvalue weighted by atomic mass is 10.0. The fraction of sp³-hybridized carbons (Fsp3) is 0.438. The van der Waals surface area contributed by atoms with Crippen molar-refractivity contribution in [2.45, 2.75) is 31.8 Å². The summed E-state index contributed by atoms with van der Waals surface area (Å²) >= 11 is 0. The predicted molar refractivity (Wildman–Crippen MR) is 76.1 cm³/mol. The molecular formula is C16H18N2O3. The van der Waals surface area contributed by atoms with E-state index < -0.39 is 17.6 Å². The fourth-order valence-corrected chi connectivity index (χ4v) is 2.57. The van der Waals surface area contributed by atoms with Crippen LogP contribution in [0.15, 0.2) is 30.3 Å². The zero-order chi connectivity index (χ0) is 14.8. The molecule has 2 fully saturated rings. The molecule has 1 saturated heterocycles. The molecule has 1 aromatic rings. The molecule has 0 bridgehead atoms. The van der Waals surface area contributed by atoms with E-state index >= 15 is 0 Å². The first-order valence-corrected chi connectivity index (χ1v) is 7.30. The highest BCUT2D eigenvalue weighted by Crippen LogP contribution is 2.22. The first-order chi connectivity index (χ1) is 10.1. The Labute approximate surface area is 123 Å². The van der Waals surface area contributed by atoms with Gasteiger partial charge in [0.1, 0.15) is 0 Å². The van der Waals surface area contributed by atoms with Crippen LogP contribution in [0.5, 0.6) is 0 Å². The number of Topliss-reactive ketones (excluding diaryl/α,β-unsaturated/α-hetero) is 1. The number of nitrogens with zero attached hydrogens (tertiary/aromatic N) is 1. The highest BCUT2D eigenvalue weighted by atomic mass is 16.2. The Balaban J connectivity index is 1.58. The quantitative estimate of drug-likeness (QED) is 0.817. The Hall–Kier alpha value is -2.17. The van der Waals surface area contributed by atoms with Gasteiger partial charge in [-0.05, 0) is 18.4 Å². The monoisotopic (exact) mass is 286 g/mol. The lowest BCUT2D eigenvalue weighted by molar-refractivity contribution is -0.140. The molecule has 2 amide bonds. The normalized spacial score (nSPS) is 21.4. The van der Waals surface area contributed by atoms with Crippen LogP contribution in [0.2, 0.25) is 0 Å². The molecule has 1 aliphatic heterocycles. The minimum Gasteiger partial charge on any atom is -0.347 e. The van der Waals surface area contributed by atoms with Crippen LogP contribution in [-0.4, -0.2) is 35.1 Å². The summed E-state index contributed by atoms with van der Waals surface area (Å²) in [6.07, 6.45) is 2.04. The van der Waals surface area contributed by atoms with E-state index in [0.717, 1.165) is 18.4 Å². The van der Waals surface area contributed by atoms with Gasteiger partial charge in [-0.3, -0.25) is 14.4 Å². The summed E-state index contributed by atoms with van der Waals surface area (Å²) in [7, 11) is 0. The van der Waals surface area contributed by atoms with E-state index in [0.29, 0.717) is 13.1 Å². The number of amides is 2. The number of hydrogen-bond donors (Lipinski definition) is 1. The van der Waals surface area contributed by atoms with Gasteiger partial charge in [0.25, 0.3) is 5.91 Å². The van der Waals surface area contributed by atoms with Crippen LogP contribution in [0, 0.1) is 5.92 Å². The maximum atomic E-state index is 12.1. The first kappa shape index (κ1) is 13.8. The second-order valence-electron chi connectivity index (χ2n) is 5.77. The number of rotatable bonds is 5. The van der Waals surface area contributed by atoms with Crippen molar-refractivity contribution >= 4 is 17.6 Å². The van der Waals surface area contributed by atoms with E-state index in [1.165, 1.54) is 0 Å². The van der Waals surface area contributed by atoms with Crippen molar-refractivity contribution in [2.24, 2.45) is 5.92 Å². The molecule has 1 N–H and O–H groups in total. The van der Waals surface area contributed by atoms with Gasteiger partial charge in [-0.25, -0.2) is 0 Å². The van der Waals surface area contributed by atoms with Crippen LogP contribution < -0.4 is 5.32 Å². The molecule has 1 atom stereocenters. The molecule has 3 rings (SSSR count). The minimum atomic E-state index is -0.531. The van der Waals surface area contributed by atoms with Gasteiger partial charge in [-0.15, -0.1) is 0 Å². The van der Waals surface area contributed by atoms with Crippen LogP contribution in [0.25, 0.3) is 0 Å². The average molecular weight is 286 g/mol. The Bertz CT molecular complexity index is 566. The Morgan fingerprint density at radius 1 is 1.19 bits per heavy atom. The summed E-state index contributed by atoms with van der Waals surface area (Å²) in [6.45, 7) is 0.832. The zero-order valence-corrected chi connectivity index (χ0v) is 11.7. The number of benzene rings is 1. The van der Waals surface area contributed by atoms with Gasteiger partial charge in [0.2, 0.25) is 11.7 Å². The van der Waals surface area contributed by atoms with Crippen LogP contribution in [0.4, 0.5) is 0 Å². The summed E-state index contributed by atoms with van der Waals surface area (Å²) in [5, 5.41) is 2.69. The molecule has 0 radical (unpaired) electrons. The molecule has 1 saturated carbocycles. The van der Waals surface area contributed by atoms with E-state index in [2.05, 4.69) is 5.32 Å². The summed E-state index contributed by atoms with van der Waals surface area (Å²) in [5.41, 5.74) is 1.03. The van der Waals surface area contributed by atoms with Gasteiger partial charge in [0, 0.05) is 25.6 Å². The number of likely N-dealkylation sites (tertiary alicyclic amines) is 1. The van der Waals surface area contributed by atoms with Gasteiger partial charge < -0.3 is 10.2 Å². The summed E-state index contributed by atoms with van der Waals surface area (Å²) in [6, 6.07) is 9.82. The van der Waals surface area contributed by atoms with Crippen molar-refractivity contribution in [3.05, 3.63) is 35.9 Å². The summed E-state index contributed by atoms with van der Waals surface area (Å²) in [4.78, 5) is 37.5. The smallest absolute Gasteiger partial charge is 0.287 e.